The highest BCUT2D eigenvalue weighted by Crippen LogP contribution is 2.10. The van der Waals surface area contributed by atoms with E-state index in [0.29, 0.717) is 6.42 Å². The van der Waals surface area contributed by atoms with E-state index < -0.39 is 6.04 Å². The first kappa shape index (κ1) is 9.71. The maximum atomic E-state index is 11.6. The Morgan fingerprint density at radius 1 is 1.27 bits per heavy atom. The summed E-state index contributed by atoms with van der Waals surface area (Å²) in [7, 11) is 1.49. The molecule has 1 saturated heterocycles. The second-order valence-electron chi connectivity index (χ2n) is 3.59. The third-order valence-corrected chi connectivity index (χ3v) is 2.51. The zero-order chi connectivity index (χ0) is 10.8. The Balaban J connectivity index is 2.09. The second-order valence-corrected chi connectivity index (χ2v) is 3.59. The molecule has 0 radical (unpaired) electrons. The van der Waals surface area contributed by atoms with Gasteiger partial charge in [-0.25, -0.2) is 4.79 Å². The number of imide groups is 1. The van der Waals surface area contributed by atoms with E-state index in [0.717, 1.165) is 10.5 Å². The van der Waals surface area contributed by atoms with Gasteiger partial charge in [0, 0.05) is 13.5 Å². The summed E-state index contributed by atoms with van der Waals surface area (Å²) >= 11 is 0. The molecule has 0 spiro atoms. The first-order valence-electron chi connectivity index (χ1n) is 4.80. The summed E-state index contributed by atoms with van der Waals surface area (Å²) in [6.45, 7) is 0. The van der Waals surface area contributed by atoms with E-state index in [1.54, 1.807) is 0 Å². The van der Waals surface area contributed by atoms with Crippen molar-refractivity contribution in [1.29, 1.82) is 0 Å². The van der Waals surface area contributed by atoms with Gasteiger partial charge >= 0.3 is 6.03 Å². The van der Waals surface area contributed by atoms with E-state index in [4.69, 9.17) is 0 Å². The van der Waals surface area contributed by atoms with Crippen molar-refractivity contribution in [1.82, 2.24) is 10.2 Å². The van der Waals surface area contributed by atoms with Crippen LogP contribution < -0.4 is 5.32 Å². The minimum absolute atomic E-state index is 0.163. The van der Waals surface area contributed by atoms with Crippen LogP contribution in [0.3, 0.4) is 0 Å². The van der Waals surface area contributed by atoms with E-state index in [-0.39, 0.29) is 11.9 Å². The molecule has 2 rings (SSSR count). The molecule has 1 N–H and O–H groups in total. The number of hydrogen-bond donors (Lipinski definition) is 1. The fraction of sp³-hybridized carbons (Fsp3) is 0.273. The second kappa shape index (κ2) is 3.73. The zero-order valence-electron chi connectivity index (χ0n) is 8.43. The lowest BCUT2D eigenvalue weighted by molar-refractivity contribution is -0.126. The van der Waals surface area contributed by atoms with Gasteiger partial charge in [0.25, 0.3) is 5.91 Å². The molecule has 1 aromatic rings. The van der Waals surface area contributed by atoms with Gasteiger partial charge in [0.1, 0.15) is 6.04 Å². The maximum Gasteiger partial charge on any atom is 0.324 e. The highest BCUT2D eigenvalue weighted by atomic mass is 16.2. The van der Waals surface area contributed by atoms with E-state index in [1.807, 2.05) is 30.3 Å². The number of carbonyl (C=O) groups excluding carboxylic acids is 2. The average Bonchev–Trinajstić information content (AvgIpc) is 2.48. The summed E-state index contributed by atoms with van der Waals surface area (Å²) in [5.74, 6) is -0.163. The Bertz CT molecular complexity index is 389. The molecule has 15 heavy (non-hydrogen) atoms. The summed E-state index contributed by atoms with van der Waals surface area (Å²) in [6.07, 6.45) is 0.551. The van der Waals surface area contributed by atoms with Crippen LogP contribution in [-0.4, -0.2) is 29.9 Å². The van der Waals surface area contributed by atoms with Crippen LogP contribution in [0, 0.1) is 0 Å². The van der Waals surface area contributed by atoms with Gasteiger partial charge in [-0.05, 0) is 5.56 Å². The lowest BCUT2D eigenvalue weighted by Crippen LogP contribution is -2.31. The van der Waals surface area contributed by atoms with Crippen LogP contribution >= 0.6 is 0 Å². The first-order chi connectivity index (χ1) is 7.18. The number of nitrogens with one attached hydrogen (secondary N) is 1. The maximum absolute atomic E-state index is 11.6. The van der Waals surface area contributed by atoms with Gasteiger partial charge in [-0.3, -0.25) is 9.69 Å². The van der Waals surface area contributed by atoms with Crippen molar-refractivity contribution in [3.8, 4) is 0 Å². The molecule has 4 heteroatoms. The predicted molar refractivity (Wildman–Crippen MR) is 55.2 cm³/mol. The molecule has 1 aliphatic heterocycles. The summed E-state index contributed by atoms with van der Waals surface area (Å²) < 4.78 is 0. The lowest BCUT2D eigenvalue weighted by atomic mass is 10.1. The number of nitrogens with zero attached hydrogens (tertiary/aromatic N) is 1. The number of hydrogen-bond acceptors (Lipinski definition) is 2. The van der Waals surface area contributed by atoms with Crippen LogP contribution in [0.4, 0.5) is 4.79 Å². The van der Waals surface area contributed by atoms with Crippen LogP contribution in [0.2, 0.25) is 0 Å². The molecule has 1 aromatic carbocycles. The van der Waals surface area contributed by atoms with Gasteiger partial charge in [0.15, 0.2) is 0 Å². The molecule has 0 saturated carbocycles. The summed E-state index contributed by atoms with van der Waals surface area (Å²) in [5, 5.41) is 2.64. The number of benzene rings is 1. The molecule has 1 unspecified atom stereocenters. The van der Waals surface area contributed by atoms with Crippen LogP contribution in [0.15, 0.2) is 30.3 Å². The van der Waals surface area contributed by atoms with Crippen molar-refractivity contribution in [3.05, 3.63) is 35.9 Å². The van der Waals surface area contributed by atoms with Crippen molar-refractivity contribution in [2.45, 2.75) is 12.5 Å². The molecule has 1 heterocycles. The van der Waals surface area contributed by atoms with E-state index in [2.05, 4.69) is 5.32 Å². The molecular formula is C11H12N2O2. The van der Waals surface area contributed by atoms with Gasteiger partial charge in [0.05, 0.1) is 0 Å². The van der Waals surface area contributed by atoms with Crippen LogP contribution in [0.1, 0.15) is 5.56 Å². The third-order valence-electron chi connectivity index (χ3n) is 2.51. The van der Waals surface area contributed by atoms with Crippen LogP contribution in [0.25, 0.3) is 0 Å². The number of amides is 3. The molecule has 78 valence electrons. The summed E-state index contributed by atoms with van der Waals surface area (Å²) in [6, 6.07) is 8.91. The van der Waals surface area contributed by atoms with Crippen molar-refractivity contribution in [2.75, 3.05) is 7.05 Å². The topological polar surface area (TPSA) is 49.4 Å². The average molecular weight is 204 g/mol. The van der Waals surface area contributed by atoms with Crippen molar-refractivity contribution in [2.24, 2.45) is 0 Å². The van der Waals surface area contributed by atoms with Crippen molar-refractivity contribution in [3.63, 3.8) is 0 Å². The highest BCUT2D eigenvalue weighted by molar-refractivity contribution is 6.03. The Labute approximate surface area is 87.9 Å². The van der Waals surface area contributed by atoms with Gasteiger partial charge in [-0.15, -0.1) is 0 Å². The minimum atomic E-state index is -0.412. The monoisotopic (exact) mass is 204 g/mol. The van der Waals surface area contributed by atoms with Gasteiger partial charge < -0.3 is 5.32 Å². The van der Waals surface area contributed by atoms with Gasteiger partial charge in [-0.1, -0.05) is 30.3 Å². The van der Waals surface area contributed by atoms with Crippen molar-refractivity contribution >= 4 is 11.9 Å². The fourth-order valence-electron chi connectivity index (χ4n) is 1.63. The molecule has 4 nitrogen and oxygen atoms in total. The predicted octanol–water partition coefficient (Wildman–Crippen LogP) is 0.779. The number of likely N-dealkylation sites (N-methyl/N-ethyl adjacent to an activating group) is 1. The molecule has 0 aromatic heterocycles. The minimum Gasteiger partial charge on any atom is -0.325 e. The molecule has 3 amide bonds. The number of rotatable bonds is 2. The zero-order valence-corrected chi connectivity index (χ0v) is 8.43. The summed E-state index contributed by atoms with van der Waals surface area (Å²) in [5.41, 5.74) is 1.05. The SMILES string of the molecule is CN1C(=O)NC(Cc2ccccc2)C1=O. The Morgan fingerprint density at radius 2 is 1.93 bits per heavy atom. The van der Waals surface area contributed by atoms with Crippen LogP contribution in [0.5, 0.6) is 0 Å². The molecule has 1 fully saturated rings. The Hall–Kier alpha value is -1.84. The molecule has 1 atom stereocenters. The van der Waals surface area contributed by atoms with Crippen LogP contribution in [-0.2, 0) is 11.2 Å². The van der Waals surface area contributed by atoms with E-state index >= 15 is 0 Å². The smallest absolute Gasteiger partial charge is 0.324 e. The van der Waals surface area contributed by atoms with Gasteiger partial charge in [-0.2, -0.15) is 0 Å². The molecule has 0 aliphatic carbocycles. The Kier molecular flexibility index (Phi) is 2.41. The molecule has 1 aliphatic rings. The molecule has 0 bridgehead atoms. The quantitative estimate of drug-likeness (QED) is 0.724. The Morgan fingerprint density at radius 3 is 2.47 bits per heavy atom. The number of urea groups is 1. The first-order valence-corrected chi connectivity index (χ1v) is 4.80. The van der Waals surface area contributed by atoms with E-state index in [1.165, 1.54) is 7.05 Å². The lowest BCUT2D eigenvalue weighted by Gasteiger charge is -2.07. The standard InChI is InChI=1S/C11H12N2O2/c1-13-10(14)9(12-11(13)15)7-8-5-3-2-4-6-8/h2-6,9H,7H2,1H3,(H,12,15). The largest absolute Gasteiger partial charge is 0.325 e. The molecular weight excluding hydrogens is 192 g/mol. The normalized spacial score (nSPS) is 20.6. The van der Waals surface area contributed by atoms with Crippen molar-refractivity contribution < 1.29 is 9.59 Å². The summed E-state index contributed by atoms with van der Waals surface area (Å²) in [4.78, 5) is 23.9. The van der Waals surface area contributed by atoms with Gasteiger partial charge in [0.2, 0.25) is 0 Å². The third kappa shape index (κ3) is 1.83. The highest BCUT2D eigenvalue weighted by Gasteiger charge is 2.34. The number of carbonyl (C=O) groups is 2. The van der Waals surface area contributed by atoms with E-state index in [9.17, 15) is 9.59 Å². The fourth-order valence-corrected chi connectivity index (χ4v) is 1.63.